The molecular formula is C12H20N4O2. The predicted molar refractivity (Wildman–Crippen MR) is 68.5 cm³/mol. The van der Waals surface area contributed by atoms with Gasteiger partial charge in [0.1, 0.15) is 11.9 Å². The van der Waals surface area contributed by atoms with E-state index in [2.05, 4.69) is 10.00 Å². The Balaban J connectivity index is 1.79. The van der Waals surface area contributed by atoms with E-state index in [1.165, 1.54) is 38.5 Å². The van der Waals surface area contributed by atoms with Crippen LogP contribution < -0.4 is 0 Å². The minimum Gasteiger partial charge on any atom is -0.303 e. The second-order valence-corrected chi connectivity index (χ2v) is 4.88. The molecule has 2 heterocycles. The van der Waals surface area contributed by atoms with Crippen LogP contribution in [0.1, 0.15) is 31.4 Å². The Hall–Kier alpha value is -1.43. The van der Waals surface area contributed by atoms with Crippen LogP contribution in [0.4, 0.5) is 5.69 Å². The van der Waals surface area contributed by atoms with Gasteiger partial charge in [-0.2, -0.15) is 5.10 Å². The summed E-state index contributed by atoms with van der Waals surface area (Å²) in [6.07, 6.45) is 6.48. The summed E-state index contributed by atoms with van der Waals surface area (Å²) in [5.41, 5.74) is 0.617. The van der Waals surface area contributed by atoms with Gasteiger partial charge in [0.25, 0.3) is 0 Å². The van der Waals surface area contributed by atoms with Crippen LogP contribution in [0.2, 0.25) is 0 Å². The molecule has 100 valence electrons. The van der Waals surface area contributed by atoms with Crippen molar-refractivity contribution >= 4 is 5.69 Å². The van der Waals surface area contributed by atoms with Crippen molar-refractivity contribution < 1.29 is 4.92 Å². The molecule has 1 fully saturated rings. The number of rotatable bonds is 5. The summed E-state index contributed by atoms with van der Waals surface area (Å²) in [4.78, 5) is 12.8. The number of hydrogen-bond donors (Lipinski definition) is 0. The highest BCUT2D eigenvalue weighted by atomic mass is 16.6. The van der Waals surface area contributed by atoms with Gasteiger partial charge >= 0.3 is 5.69 Å². The van der Waals surface area contributed by atoms with Crippen molar-refractivity contribution in [3.05, 3.63) is 22.0 Å². The first-order valence-corrected chi connectivity index (χ1v) is 6.57. The van der Waals surface area contributed by atoms with Gasteiger partial charge in [-0.1, -0.05) is 6.42 Å². The fourth-order valence-electron chi connectivity index (χ4n) is 2.44. The number of nitro groups is 1. The van der Waals surface area contributed by atoms with Gasteiger partial charge < -0.3 is 4.90 Å². The largest absolute Gasteiger partial charge is 0.309 e. The second kappa shape index (κ2) is 5.95. The van der Waals surface area contributed by atoms with Crippen molar-refractivity contribution in [2.75, 3.05) is 19.6 Å². The van der Waals surface area contributed by atoms with Crippen LogP contribution in [0.25, 0.3) is 0 Å². The van der Waals surface area contributed by atoms with Crippen LogP contribution >= 0.6 is 0 Å². The van der Waals surface area contributed by atoms with Crippen LogP contribution in [0, 0.1) is 17.0 Å². The third-order valence-corrected chi connectivity index (χ3v) is 3.43. The van der Waals surface area contributed by atoms with E-state index in [0.29, 0.717) is 5.69 Å². The molecule has 0 amide bonds. The highest BCUT2D eigenvalue weighted by Crippen LogP contribution is 2.15. The summed E-state index contributed by atoms with van der Waals surface area (Å²) < 4.78 is 1.69. The summed E-state index contributed by atoms with van der Waals surface area (Å²) in [5, 5.41) is 14.9. The SMILES string of the molecule is Cc1nn(CCCN2CCCCC2)cc1[N+](=O)[O-]. The molecule has 0 unspecified atom stereocenters. The minimum atomic E-state index is -0.372. The molecule has 1 aliphatic heterocycles. The average Bonchev–Trinajstić information content (AvgIpc) is 2.72. The van der Waals surface area contributed by atoms with Gasteiger partial charge in [-0.15, -0.1) is 0 Å². The third kappa shape index (κ3) is 3.29. The van der Waals surface area contributed by atoms with E-state index in [9.17, 15) is 10.1 Å². The minimum absolute atomic E-state index is 0.118. The lowest BCUT2D eigenvalue weighted by atomic mass is 10.1. The van der Waals surface area contributed by atoms with Crippen LogP contribution in [0.15, 0.2) is 6.20 Å². The highest BCUT2D eigenvalue weighted by Gasteiger charge is 2.15. The van der Waals surface area contributed by atoms with E-state index in [0.717, 1.165) is 19.5 Å². The fourth-order valence-corrected chi connectivity index (χ4v) is 2.44. The molecule has 0 N–H and O–H groups in total. The van der Waals surface area contributed by atoms with Crippen molar-refractivity contribution in [1.29, 1.82) is 0 Å². The van der Waals surface area contributed by atoms with Gasteiger partial charge in [-0.05, 0) is 45.8 Å². The molecule has 0 aromatic carbocycles. The predicted octanol–water partition coefficient (Wildman–Crippen LogP) is 1.98. The molecule has 6 heteroatoms. The van der Waals surface area contributed by atoms with E-state index in [4.69, 9.17) is 0 Å². The molecule has 2 rings (SSSR count). The van der Waals surface area contributed by atoms with Crippen LogP contribution in [-0.4, -0.2) is 39.2 Å². The molecule has 18 heavy (non-hydrogen) atoms. The smallest absolute Gasteiger partial charge is 0.303 e. The molecular weight excluding hydrogens is 232 g/mol. The van der Waals surface area contributed by atoms with Gasteiger partial charge in [0.2, 0.25) is 0 Å². The van der Waals surface area contributed by atoms with E-state index in [1.807, 2.05) is 0 Å². The van der Waals surface area contributed by atoms with Gasteiger partial charge in [0.15, 0.2) is 0 Å². The Bertz CT molecular complexity index is 410. The number of hydrogen-bond acceptors (Lipinski definition) is 4. The Kier molecular flexibility index (Phi) is 4.30. The van der Waals surface area contributed by atoms with Crippen molar-refractivity contribution in [2.24, 2.45) is 0 Å². The van der Waals surface area contributed by atoms with Crippen molar-refractivity contribution in [1.82, 2.24) is 14.7 Å². The zero-order valence-corrected chi connectivity index (χ0v) is 10.8. The number of aromatic nitrogens is 2. The molecule has 0 bridgehead atoms. The van der Waals surface area contributed by atoms with Gasteiger partial charge in [-0.25, -0.2) is 0 Å². The molecule has 0 atom stereocenters. The lowest BCUT2D eigenvalue weighted by molar-refractivity contribution is -0.385. The number of nitrogens with zero attached hydrogens (tertiary/aromatic N) is 4. The Morgan fingerprint density at radius 1 is 1.33 bits per heavy atom. The van der Waals surface area contributed by atoms with E-state index in [1.54, 1.807) is 11.6 Å². The monoisotopic (exact) mass is 252 g/mol. The number of piperidine rings is 1. The topological polar surface area (TPSA) is 64.2 Å². The quantitative estimate of drug-likeness (QED) is 0.593. The normalized spacial score (nSPS) is 16.9. The fraction of sp³-hybridized carbons (Fsp3) is 0.750. The van der Waals surface area contributed by atoms with Gasteiger partial charge in [0, 0.05) is 6.54 Å². The zero-order valence-electron chi connectivity index (χ0n) is 10.8. The van der Waals surface area contributed by atoms with E-state index >= 15 is 0 Å². The second-order valence-electron chi connectivity index (χ2n) is 4.88. The summed E-state index contributed by atoms with van der Waals surface area (Å²) in [6.45, 7) is 5.88. The van der Waals surface area contributed by atoms with E-state index < -0.39 is 0 Å². The molecule has 0 saturated carbocycles. The first-order valence-electron chi connectivity index (χ1n) is 6.57. The third-order valence-electron chi connectivity index (χ3n) is 3.43. The van der Waals surface area contributed by atoms with Crippen LogP contribution in [0.5, 0.6) is 0 Å². The Labute approximate surface area is 107 Å². The van der Waals surface area contributed by atoms with Crippen LogP contribution in [-0.2, 0) is 6.54 Å². The summed E-state index contributed by atoms with van der Waals surface area (Å²) >= 11 is 0. The Morgan fingerprint density at radius 3 is 2.67 bits per heavy atom. The lowest BCUT2D eigenvalue weighted by Gasteiger charge is -2.26. The summed E-state index contributed by atoms with van der Waals surface area (Å²) in [6, 6.07) is 0. The molecule has 1 aromatic rings. The van der Waals surface area contributed by atoms with Crippen molar-refractivity contribution in [3.63, 3.8) is 0 Å². The zero-order chi connectivity index (χ0) is 13.0. The van der Waals surface area contributed by atoms with Crippen LogP contribution in [0.3, 0.4) is 0 Å². The molecule has 6 nitrogen and oxygen atoms in total. The first-order chi connectivity index (χ1) is 8.66. The molecule has 1 aliphatic rings. The molecule has 0 spiro atoms. The summed E-state index contributed by atoms with van der Waals surface area (Å²) in [7, 11) is 0. The molecule has 1 saturated heterocycles. The molecule has 0 radical (unpaired) electrons. The maximum Gasteiger partial charge on any atom is 0.309 e. The van der Waals surface area contributed by atoms with Gasteiger partial charge in [-0.3, -0.25) is 14.8 Å². The highest BCUT2D eigenvalue weighted by molar-refractivity contribution is 5.30. The number of aryl methyl sites for hydroxylation is 2. The summed E-state index contributed by atoms with van der Waals surface area (Å²) in [5.74, 6) is 0. The lowest BCUT2D eigenvalue weighted by Crippen LogP contribution is -2.31. The Morgan fingerprint density at radius 2 is 2.06 bits per heavy atom. The molecule has 1 aromatic heterocycles. The van der Waals surface area contributed by atoms with Crippen molar-refractivity contribution in [2.45, 2.75) is 39.2 Å². The number of likely N-dealkylation sites (tertiary alicyclic amines) is 1. The maximum atomic E-state index is 10.7. The van der Waals surface area contributed by atoms with E-state index in [-0.39, 0.29) is 10.6 Å². The van der Waals surface area contributed by atoms with Crippen molar-refractivity contribution in [3.8, 4) is 0 Å². The standard InChI is InChI=1S/C12H20N4O2/c1-11-12(16(17)18)10-15(13-11)9-5-8-14-6-3-2-4-7-14/h10H,2-9H2,1H3. The first kappa shape index (κ1) is 13.0. The maximum absolute atomic E-state index is 10.7. The average molecular weight is 252 g/mol. The molecule has 0 aliphatic carbocycles. The van der Waals surface area contributed by atoms with Gasteiger partial charge in [0.05, 0.1) is 4.92 Å².